The first kappa shape index (κ1) is 25.1. The Morgan fingerprint density at radius 3 is 2.00 bits per heavy atom. The predicted molar refractivity (Wildman–Crippen MR) is 117 cm³/mol. The van der Waals surface area contributed by atoms with Gasteiger partial charge in [0.15, 0.2) is 11.5 Å². The van der Waals surface area contributed by atoms with Crippen molar-refractivity contribution in [2.75, 3.05) is 54.1 Å². The summed E-state index contributed by atoms with van der Waals surface area (Å²) >= 11 is 0. The molecular formula is C22H33N3O7. The molecular weight excluding hydrogens is 418 g/mol. The monoisotopic (exact) mass is 451 g/mol. The second-order valence-electron chi connectivity index (χ2n) is 8.30. The van der Waals surface area contributed by atoms with Crippen LogP contribution in [0.3, 0.4) is 0 Å². The maximum absolute atomic E-state index is 13.1. The van der Waals surface area contributed by atoms with E-state index in [1.54, 1.807) is 42.7 Å². The highest BCUT2D eigenvalue weighted by Gasteiger charge is 2.25. The van der Waals surface area contributed by atoms with Crippen molar-refractivity contribution >= 4 is 17.9 Å². The first-order valence-corrected chi connectivity index (χ1v) is 10.4. The smallest absolute Gasteiger partial charge is 0.408 e. The number of amides is 3. The third kappa shape index (κ3) is 6.66. The minimum atomic E-state index is -0.639. The summed E-state index contributed by atoms with van der Waals surface area (Å²) in [5, 5.41) is 2.48. The van der Waals surface area contributed by atoms with Gasteiger partial charge in [0.05, 0.1) is 21.3 Å². The van der Waals surface area contributed by atoms with Crippen molar-refractivity contribution in [3.63, 3.8) is 0 Å². The van der Waals surface area contributed by atoms with Crippen LogP contribution in [-0.4, -0.2) is 87.4 Å². The van der Waals surface area contributed by atoms with Crippen molar-refractivity contribution in [3.8, 4) is 17.2 Å². The van der Waals surface area contributed by atoms with Gasteiger partial charge in [-0.1, -0.05) is 0 Å². The average Bonchev–Trinajstić information content (AvgIpc) is 3.01. The minimum Gasteiger partial charge on any atom is -0.493 e. The van der Waals surface area contributed by atoms with E-state index in [-0.39, 0.29) is 18.4 Å². The lowest BCUT2D eigenvalue weighted by Gasteiger charge is -2.23. The largest absolute Gasteiger partial charge is 0.493 e. The van der Waals surface area contributed by atoms with E-state index in [1.165, 1.54) is 21.3 Å². The summed E-state index contributed by atoms with van der Waals surface area (Å²) in [6.07, 6.45) is -0.0196. The summed E-state index contributed by atoms with van der Waals surface area (Å²) in [6, 6.07) is 3.23. The average molecular weight is 452 g/mol. The van der Waals surface area contributed by atoms with Gasteiger partial charge in [-0.25, -0.2) is 4.79 Å². The number of hydrogen-bond acceptors (Lipinski definition) is 7. The number of nitrogens with one attached hydrogen (secondary N) is 1. The number of benzene rings is 1. The standard InChI is InChI=1S/C22H33N3O7/c1-22(2,3)32-21(28)23-14-18(26)24-8-7-9-25(11-10-24)20(27)15-12-16(29-4)19(31-6)17(13-15)30-5/h12-13H,7-11,14H2,1-6H3,(H,23,28). The van der Waals surface area contributed by atoms with Crippen LogP contribution >= 0.6 is 0 Å². The van der Waals surface area contributed by atoms with Gasteiger partial charge in [-0.2, -0.15) is 0 Å². The number of nitrogens with zero attached hydrogens (tertiary/aromatic N) is 2. The van der Waals surface area contributed by atoms with Gasteiger partial charge >= 0.3 is 6.09 Å². The normalized spacial score (nSPS) is 14.3. The molecule has 0 aliphatic carbocycles. The number of alkyl carbamates (subject to hydrolysis) is 1. The third-order valence-electron chi connectivity index (χ3n) is 4.83. The maximum atomic E-state index is 13.1. The van der Waals surface area contributed by atoms with Crippen LogP contribution in [0.4, 0.5) is 4.79 Å². The predicted octanol–water partition coefficient (Wildman–Crippen LogP) is 1.91. The number of carbonyl (C=O) groups excluding carboxylic acids is 3. The fourth-order valence-corrected chi connectivity index (χ4v) is 3.33. The molecule has 0 saturated carbocycles. The van der Waals surface area contributed by atoms with E-state index in [0.717, 1.165) is 0 Å². The van der Waals surface area contributed by atoms with Crippen LogP contribution in [-0.2, 0) is 9.53 Å². The lowest BCUT2D eigenvalue weighted by molar-refractivity contribution is -0.130. The maximum Gasteiger partial charge on any atom is 0.408 e. The molecule has 0 unspecified atom stereocenters. The molecule has 178 valence electrons. The summed E-state index contributed by atoms with van der Waals surface area (Å²) in [7, 11) is 4.48. The zero-order valence-electron chi connectivity index (χ0n) is 19.6. The highest BCUT2D eigenvalue weighted by atomic mass is 16.6. The number of carbonyl (C=O) groups is 3. The number of methoxy groups -OCH3 is 3. The van der Waals surface area contributed by atoms with E-state index in [2.05, 4.69) is 5.32 Å². The van der Waals surface area contributed by atoms with E-state index in [1.807, 2.05) is 0 Å². The van der Waals surface area contributed by atoms with Crippen molar-refractivity contribution in [1.82, 2.24) is 15.1 Å². The van der Waals surface area contributed by atoms with Crippen LogP contribution in [0.2, 0.25) is 0 Å². The molecule has 1 saturated heterocycles. The number of hydrogen-bond donors (Lipinski definition) is 1. The highest BCUT2D eigenvalue weighted by Crippen LogP contribution is 2.38. The van der Waals surface area contributed by atoms with Crippen LogP contribution in [0.25, 0.3) is 0 Å². The molecule has 1 aliphatic rings. The quantitative estimate of drug-likeness (QED) is 0.704. The van der Waals surface area contributed by atoms with Gasteiger partial charge in [0, 0.05) is 31.7 Å². The Labute approximate surface area is 188 Å². The van der Waals surface area contributed by atoms with E-state index in [4.69, 9.17) is 18.9 Å². The summed E-state index contributed by atoms with van der Waals surface area (Å²) in [6.45, 7) is 6.83. The molecule has 1 heterocycles. The molecule has 0 aromatic heterocycles. The molecule has 0 radical (unpaired) electrons. The van der Waals surface area contributed by atoms with Gasteiger partial charge in [-0.3, -0.25) is 9.59 Å². The van der Waals surface area contributed by atoms with Gasteiger partial charge < -0.3 is 34.1 Å². The lowest BCUT2D eigenvalue weighted by Crippen LogP contribution is -2.43. The second kappa shape index (κ2) is 10.9. The molecule has 1 fully saturated rings. The van der Waals surface area contributed by atoms with Crippen molar-refractivity contribution in [3.05, 3.63) is 17.7 Å². The Hall–Kier alpha value is -3.17. The van der Waals surface area contributed by atoms with Gasteiger partial charge in [-0.15, -0.1) is 0 Å². The minimum absolute atomic E-state index is 0.157. The van der Waals surface area contributed by atoms with Gasteiger partial charge in [-0.05, 0) is 39.3 Å². The fraction of sp³-hybridized carbons (Fsp3) is 0.591. The van der Waals surface area contributed by atoms with Gasteiger partial charge in [0.2, 0.25) is 11.7 Å². The Bertz CT molecular complexity index is 810. The number of rotatable bonds is 6. The van der Waals surface area contributed by atoms with Crippen LogP contribution in [0.5, 0.6) is 17.2 Å². The van der Waals surface area contributed by atoms with Crippen molar-refractivity contribution in [1.29, 1.82) is 0 Å². The van der Waals surface area contributed by atoms with Gasteiger partial charge in [0.25, 0.3) is 5.91 Å². The van der Waals surface area contributed by atoms with E-state index in [0.29, 0.717) is 55.4 Å². The second-order valence-corrected chi connectivity index (χ2v) is 8.30. The molecule has 1 N–H and O–H groups in total. The van der Waals surface area contributed by atoms with Crippen LogP contribution in [0.1, 0.15) is 37.6 Å². The van der Waals surface area contributed by atoms with E-state index >= 15 is 0 Å². The Balaban J connectivity index is 2.00. The lowest BCUT2D eigenvalue weighted by atomic mass is 10.1. The third-order valence-corrected chi connectivity index (χ3v) is 4.83. The first-order valence-electron chi connectivity index (χ1n) is 10.4. The molecule has 1 aliphatic heterocycles. The summed E-state index contributed by atoms with van der Waals surface area (Å²) in [5.74, 6) is 0.796. The van der Waals surface area contributed by atoms with Crippen molar-refractivity contribution in [2.24, 2.45) is 0 Å². The van der Waals surface area contributed by atoms with Crippen molar-refractivity contribution in [2.45, 2.75) is 32.8 Å². The zero-order chi connectivity index (χ0) is 23.9. The molecule has 3 amide bonds. The highest BCUT2D eigenvalue weighted by molar-refractivity contribution is 5.95. The van der Waals surface area contributed by atoms with E-state index < -0.39 is 11.7 Å². The topological polar surface area (TPSA) is 107 Å². The van der Waals surface area contributed by atoms with Gasteiger partial charge in [0.1, 0.15) is 12.1 Å². The fourth-order valence-electron chi connectivity index (χ4n) is 3.33. The summed E-state index contributed by atoms with van der Waals surface area (Å²) in [4.78, 5) is 40.7. The molecule has 10 heteroatoms. The molecule has 0 bridgehead atoms. The van der Waals surface area contributed by atoms with Crippen molar-refractivity contribution < 1.29 is 33.3 Å². The Morgan fingerprint density at radius 1 is 0.906 bits per heavy atom. The molecule has 32 heavy (non-hydrogen) atoms. The molecule has 0 spiro atoms. The SMILES string of the molecule is COc1cc(C(=O)N2CCCN(C(=O)CNC(=O)OC(C)(C)C)CC2)cc(OC)c1OC. The van der Waals surface area contributed by atoms with Crippen LogP contribution < -0.4 is 19.5 Å². The van der Waals surface area contributed by atoms with Crippen LogP contribution in [0.15, 0.2) is 12.1 Å². The van der Waals surface area contributed by atoms with E-state index in [9.17, 15) is 14.4 Å². The Kier molecular flexibility index (Phi) is 8.56. The molecule has 1 aromatic carbocycles. The molecule has 2 rings (SSSR count). The first-order chi connectivity index (χ1) is 15.1. The summed E-state index contributed by atoms with van der Waals surface area (Å²) in [5.41, 5.74) is -0.227. The number of ether oxygens (including phenoxy) is 4. The van der Waals surface area contributed by atoms with Crippen LogP contribution in [0, 0.1) is 0 Å². The zero-order valence-corrected chi connectivity index (χ0v) is 19.6. The molecule has 1 aromatic rings. The molecule has 0 atom stereocenters. The Morgan fingerprint density at radius 2 is 1.47 bits per heavy atom. The summed E-state index contributed by atoms with van der Waals surface area (Å²) < 4.78 is 21.1. The molecule has 10 nitrogen and oxygen atoms in total.